The summed E-state index contributed by atoms with van der Waals surface area (Å²) in [5.74, 6) is 0. The van der Waals surface area contributed by atoms with Crippen LogP contribution in [-0.2, 0) is 13.5 Å². The van der Waals surface area contributed by atoms with Crippen molar-refractivity contribution in [1.82, 2.24) is 20.3 Å². The zero-order valence-corrected chi connectivity index (χ0v) is 12.9. The summed E-state index contributed by atoms with van der Waals surface area (Å²) in [4.78, 5) is 2.80. The maximum atomic E-state index is 4.20. The number of aryl methyl sites for hydroxylation is 3. The Kier molecular flexibility index (Phi) is 4.71. The van der Waals surface area contributed by atoms with Gasteiger partial charge in [0.1, 0.15) is 0 Å². The van der Waals surface area contributed by atoms with Gasteiger partial charge in [-0.15, -0.1) is 16.4 Å². The van der Waals surface area contributed by atoms with Crippen LogP contribution in [0.5, 0.6) is 0 Å². The first kappa shape index (κ1) is 14.2. The van der Waals surface area contributed by atoms with Crippen molar-refractivity contribution in [3.63, 3.8) is 0 Å². The third-order valence-electron chi connectivity index (χ3n) is 3.23. The molecule has 19 heavy (non-hydrogen) atoms. The lowest BCUT2D eigenvalue weighted by Gasteiger charge is -2.15. The molecule has 5 heteroatoms. The Morgan fingerprint density at radius 3 is 2.74 bits per heavy atom. The molecule has 0 bridgehead atoms. The summed E-state index contributed by atoms with van der Waals surface area (Å²) in [6.07, 6.45) is 4.03. The number of thiophene rings is 1. The molecule has 2 rings (SSSR count). The van der Waals surface area contributed by atoms with Crippen LogP contribution in [0.3, 0.4) is 0 Å². The van der Waals surface area contributed by atoms with Gasteiger partial charge in [-0.3, -0.25) is 4.68 Å². The summed E-state index contributed by atoms with van der Waals surface area (Å²) < 4.78 is 1.76. The summed E-state index contributed by atoms with van der Waals surface area (Å²) in [6.45, 7) is 7.58. The lowest BCUT2D eigenvalue weighted by Crippen LogP contribution is -2.23. The standard InChI is InChI=1S/C14H22N4S/c1-5-6-15-13(8-12-9-18(4)17-16-12)14-7-10(2)11(3)19-14/h7,9,13,15H,5-6,8H2,1-4H3. The van der Waals surface area contributed by atoms with E-state index in [9.17, 15) is 0 Å². The van der Waals surface area contributed by atoms with Gasteiger partial charge in [0, 0.05) is 35.5 Å². The van der Waals surface area contributed by atoms with Gasteiger partial charge in [-0.25, -0.2) is 0 Å². The molecule has 0 saturated carbocycles. The summed E-state index contributed by atoms with van der Waals surface area (Å²) in [5, 5.41) is 11.8. The van der Waals surface area contributed by atoms with Crippen LogP contribution in [-0.4, -0.2) is 21.5 Å². The quantitative estimate of drug-likeness (QED) is 0.883. The average molecular weight is 278 g/mol. The van der Waals surface area contributed by atoms with E-state index in [2.05, 4.69) is 42.5 Å². The van der Waals surface area contributed by atoms with Crippen molar-refractivity contribution in [3.8, 4) is 0 Å². The molecule has 0 aromatic carbocycles. The van der Waals surface area contributed by atoms with E-state index in [1.165, 1.54) is 15.3 Å². The van der Waals surface area contributed by atoms with Gasteiger partial charge in [-0.1, -0.05) is 12.1 Å². The van der Waals surface area contributed by atoms with Crippen LogP contribution < -0.4 is 5.32 Å². The second-order valence-corrected chi connectivity index (χ2v) is 6.27. The second-order valence-electron chi connectivity index (χ2n) is 4.98. The third kappa shape index (κ3) is 3.64. The van der Waals surface area contributed by atoms with Crippen LogP contribution in [0.1, 0.15) is 40.4 Å². The molecule has 2 aromatic heterocycles. The topological polar surface area (TPSA) is 42.7 Å². The van der Waals surface area contributed by atoms with Crippen LogP contribution in [0, 0.1) is 13.8 Å². The summed E-state index contributed by atoms with van der Waals surface area (Å²) in [7, 11) is 1.91. The maximum Gasteiger partial charge on any atom is 0.0846 e. The lowest BCUT2D eigenvalue weighted by atomic mass is 10.1. The van der Waals surface area contributed by atoms with Crippen molar-refractivity contribution in [1.29, 1.82) is 0 Å². The predicted octanol–water partition coefficient (Wildman–Crippen LogP) is 2.78. The Hall–Kier alpha value is -1.20. The molecule has 0 aliphatic carbocycles. The largest absolute Gasteiger partial charge is 0.309 e. The molecule has 4 nitrogen and oxygen atoms in total. The number of hydrogen-bond donors (Lipinski definition) is 1. The molecule has 0 saturated heterocycles. The molecule has 0 aliphatic rings. The molecule has 0 aliphatic heterocycles. The van der Waals surface area contributed by atoms with E-state index in [0.717, 1.165) is 25.1 Å². The zero-order valence-electron chi connectivity index (χ0n) is 12.1. The van der Waals surface area contributed by atoms with Crippen molar-refractivity contribution in [3.05, 3.63) is 33.3 Å². The van der Waals surface area contributed by atoms with Crippen molar-refractivity contribution in [2.24, 2.45) is 7.05 Å². The zero-order chi connectivity index (χ0) is 13.8. The molecular weight excluding hydrogens is 256 g/mol. The van der Waals surface area contributed by atoms with Gasteiger partial charge in [-0.05, 0) is 38.4 Å². The Morgan fingerprint density at radius 1 is 1.42 bits per heavy atom. The minimum Gasteiger partial charge on any atom is -0.309 e. The van der Waals surface area contributed by atoms with Crippen molar-refractivity contribution in [2.45, 2.75) is 39.7 Å². The summed E-state index contributed by atoms with van der Waals surface area (Å²) in [6, 6.07) is 2.64. The predicted molar refractivity (Wildman–Crippen MR) is 79.5 cm³/mol. The van der Waals surface area contributed by atoms with Crippen molar-refractivity contribution >= 4 is 11.3 Å². The van der Waals surface area contributed by atoms with E-state index in [0.29, 0.717) is 6.04 Å². The van der Waals surface area contributed by atoms with Crippen LogP contribution in [0.2, 0.25) is 0 Å². The molecule has 2 aromatic rings. The van der Waals surface area contributed by atoms with Crippen molar-refractivity contribution < 1.29 is 0 Å². The van der Waals surface area contributed by atoms with E-state index in [-0.39, 0.29) is 0 Å². The van der Waals surface area contributed by atoms with E-state index < -0.39 is 0 Å². The minimum absolute atomic E-state index is 0.342. The Bertz CT molecular complexity index is 510. The Labute approximate surface area is 118 Å². The Morgan fingerprint density at radius 2 is 2.21 bits per heavy atom. The number of aromatic nitrogens is 3. The number of nitrogens with zero attached hydrogens (tertiary/aromatic N) is 3. The Balaban J connectivity index is 2.15. The van der Waals surface area contributed by atoms with Crippen LogP contribution in [0.4, 0.5) is 0 Å². The molecule has 0 fully saturated rings. The van der Waals surface area contributed by atoms with Crippen LogP contribution in [0.15, 0.2) is 12.3 Å². The van der Waals surface area contributed by atoms with Gasteiger partial charge in [0.2, 0.25) is 0 Å². The van der Waals surface area contributed by atoms with Gasteiger partial charge in [-0.2, -0.15) is 0 Å². The average Bonchev–Trinajstić information content (AvgIpc) is 2.92. The molecule has 0 spiro atoms. The maximum absolute atomic E-state index is 4.20. The molecule has 0 amide bonds. The van der Waals surface area contributed by atoms with E-state index in [1.54, 1.807) is 4.68 Å². The highest BCUT2D eigenvalue weighted by molar-refractivity contribution is 7.12. The first-order chi connectivity index (χ1) is 9.10. The molecule has 1 unspecified atom stereocenters. The van der Waals surface area contributed by atoms with E-state index >= 15 is 0 Å². The first-order valence-electron chi connectivity index (χ1n) is 6.75. The second kappa shape index (κ2) is 6.30. The third-order valence-corrected chi connectivity index (χ3v) is 4.50. The highest BCUT2D eigenvalue weighted by Crippen LogP contribution is 2.28. The minimum atomic E-state index is 0.342. The number of nitrogens with one attached hydrogen (secondary N) is 1. The number of hydrogen-bond acceptors (Lipinski definition) is 4. The lowest BCUT2D eigenvalue weighted by molar-refractivity contribution is 0.531. The van der Waals surface area contributed by atoms with Gasteiger partial charge in [0.25, 0.3) is 0 Å². The summed E-state index contributed by atoms with van der Waals surface area (Å²) >= 11 is 1.88. The van der Waals surface area contributed by atoms with Crippen molar-refractivity contribution in [2.75, 3.05) is 6.54 Å². The van der Waals surface area contributed by atoms with E-state index in [4.69, 9.17) is 0 Å². The highest BCUT2D eigenvalue weighted by Gasteiger charge is 2.16. The highest BCUT2D eigenvalue weighted by atomic mass is 32.1. The van der Waals surface area contributed by atoms with E-state index in [1.807, 2.05) is 24.6 Å². The van der Waals surface area contributed by atoms with Gasteiger partial charge >= 0.3 is 0 Å². The molecular formula is C14H22N4S. The smallest absolute Gasteiger partial charge is 0.0846 e. The normalized spacial score (nSPS) is 12.8. The fourth-order valence-electron chi connectivity index (χ4n) is 2.06. The first-order valence-corrected chi connectivity index (χ1v) is 7.57. The molecule has 0 radical (unpaired) electrons. The van der Waals surface area contributed by atoms with Gasteiger partial charge in [0.15, 0.2) is 0 Å². The molecule has 2 heterocycles. The number of rotatable bonds is 6. The molecule has 104 valence electrons. The molecule has 1 N–H and O–H groups in total. The monoisotopic (exact) mass is 278 g/mol. The fourth-order valence-corrected chi connectivity index (χ4v) is 3.18. The van der Waals surface area contributed by atoms with Gasteiger partial charge < -0.3 is 5.32 Å². The molecule has 1 atom stereocenters. The van der Waals surface area contributed by atoms with Crippen LogP contribution >= 0.6 is 11.3 Å². The fraction of sp³-hybridized carbons (Fsp3) is 0.571. The van der Waals surface area contributed by atoms with Crippen LogP contribution in [0.25, 0.3) is 0 Å². The SMILES string of the molecule is CCCNC(Cc1cn(C)nn1)c1cc(C)c(C)s1. The van der Waals surface area contributed by atoms with Gasteiger partial charge in [0.05, 0.1) is 5.69 Å². The summed E-state index contributed by atoms with van der Waals surface area (Å²) in [5.41, 5.74) is 2.42.